The molecular weight excluding hydrogens is 218 g/mol. The van der Waals surface area contributed by atoms with Crippen molar-refractivity contribution in [2.24, 2.45) is 11.8 Å². The van der Waals surface area contributed by atoms with Crippen molar-refractivity contribution >= 4 is 11.9 Å². The SMILES string of the molecule is COC(=O)CCCCCNC(=O)C(C)C1CC1. The summed E-state index contributed by atoms with van der Waals surface area (Å²) in [6, 6.07) is 0. The van der Waals surface area contributed by atoms with E-state index < -0.39 is 0 Å². The molecule has 1 aliphatic carbocycles. The van der Waals surface area contributed by atoms with E-state index in [0.29, 0.717) is 12.3 Å². The molecule has 1 aliphatic rings. The van der Waals surface area contributed by atoms with Crippen LogP contribution in [0.3, 0.4) is 0 Å². The first kappa shape index (κ1) is 14.0. The van der Waals surface area contributed by atoms with Crippen LogP contribution in [0.15, 0.2) is 0 Å². The fourth-order valence-electron chi connectivity index (χ4n) is 1.86. The van der Waals surface area contributed by atoms with Crippen LogP contribution in [0, 0.1) is 11.8 Å². The summed E-state index contributed by atoms with van der Waals surface area (Å²) in [4.78, 5) is 22.5. The van der Waals surface area contributed by atoms with Crippen molar-refractivity contribution in [2.75, 3.05) is 13.7 Å². The monoisotopic (exact) mass is 241 g/mol. The topological polar surface area (TPSA) is 55.4 Å². The van der Waals surface area contributed by atoms with Crippen molar-refractivity contribution in [3.8, 4) is 0 Å². The van der Waals surface area contributed by atoms with Gasteiger partial charge in [0, 0.05) is 18.9 Å². The summed E-state index contributed by atoms with van der Waals surface area (Å²) in [6.45, 7) is 2.72. The van der Waals surface area contributed by atoms with Crippen molar-refractivity contribution in [1.82, 2.24) is 5.32 Å². The van der Waals surface area contributed by atoms with Gasteiger partial charge in [0.1, 0.15) is 0 Å². The second-order valence-corrected chi connectivity index (χ2v) is 4.80. The minimum atomic E-state index is -0.156. The Labute approximate surface area is 103 Å². The van der Waals surface area contributed by atoms with Crippen LogP contribution >= 0.6 is 0 Å². The molecule has 1 saturated carbocycles. The first-order valence-electron chi connectivity index (χ1n) is 6.49. The summed E-state index contributed by atoms with van der Waals surface area (Å²) in [6.07, 6.45) is 5.60. The average Bonchev–Trinajstić information content (AvgIpc) is 3.15. The molecule has 1 N–H and O–H groups in total. The van der Waals surface area contributed by atoms with Crippen molar-refractivity contribution in [3.05, 3.63) is 0 Å². The van der Waals surface area contributed by atoms with Crippen molar-refractivity contribution < 1.29 is 14.3 Å². The number of methoxy groups -OCH3 is 1. The van der Waals surface area contributed by atoms with Gasteiger partial charge in [0.2, 0.25) is 5.91 Å². The van der Waals surface area contributed by atoms with E-state index in [-0.39, 0.29) is 17.8 Å². The molecule has 0 aromatic carbocycles. The van der Waals surface area contributed by atoms with Gasteiger partial charge in [-0.2, -0.15) is 0 Å². The third kappa shape index (κ3) is 5.71. The van der Waals surface area contributed by atoms with Crippen LogP contribution in [0.2, 0.25) is 0 Å². The van der Waals surface area contributed by atoms with Crippen LogP contribution in [-0.4, -0.2) is 25.5 Å². The van der Waals surface area contributed by atoms with Crippen molar-refractivity contribution in [1.29, 1.82) is 0 Å². The number of carbonyl (C=O) groups is 2. The van der Waals surface area contributed by atoms with Crippen LogP contribution in [0.4, 0.5) is 0 Å². The lowest BCUT2D eigenvalue weighted by Gasteiger charge is -2.10. The highest BCUT2D eigenvalue weighted by atomic mass is 16.5. The summed E-state index contributed by atoms with van der Waals surface area (Å²) < 4.78 is 4.55. The number of ether oxygens (including phenoxy) is 1. The molecular formula is C13H23NO3. The van der Waals surface area contributed by atoms with Gasteiger partial charge in [-0.05, 0) is 31.6 Å². The quantitative estimate of drug-likeness (QED) is 0.521. The smallest absolute Gasteiger partial charge is 0.305 e. The standard InChI is InChI=1S/C13H23NO3/c1-10(11-7-8-11)13(16)14-9-5-3-4-6-12(15)17-2/h10-11H,3-9H2,1-2H3,(H,14,16). The molecule has 98 valence electrons. The number of esters is 1. The fraction of sp³-hybridized carbons (Fsp3) is 0.846. The Morgan fingerprint density at radius 3 is 2.59 bits per heavy atom. The van der Waals surface area contributed by atoms with Crippen LogP contribution in [-0.2, 0) is 14.3 Å². The van der Waals surface area contributed by atoms with E-state index in [1.807, 2.05) is 6.92 Å². The molecule has 0 aliphatic heterocycles. The average molecular weight is 241 g/mol. The minimum absolute atomic E-state index is 0.156. The lowest BCUT2D eigenvalue weighted by Crippen LogP contribution is -2.30. The van der Waals surface area contributed by atoms with E-state index in [4.69, 9.17) is 0 Å². The summed E-state index contributed by atoms with van der Waals surface area (Å²) in [5.41, 5.74) is 0. The third-order valence-corrected chi connectivity index (χ3v) is 3.33. The Morgan fingerprint density at radius 2 is 2.00 bits per heavy atom. The van der Waals surface area contributed by atoms with Crippen molar-refractivity contribution in [2.45, 2.75) is 45.4 Å². The summed E-state index contributed by atoms with van der Waals surface area (Å²) in [5.74, 6) is 0.816. The number of rotatable bonds is 8. The second kappa shape index (κ2) is 7.30. The van der Waals surface area contributed by atoms with E-state index in [1.54, 1.807) is 0 Å². The van der Waals surface area contributed by atoms with Gasteiger partial charge in [0.15, 0.2) is 0 Å². The molecule has 4 heteroatoms. The first-order valence-corrected chi connectivity index (χ1v) is 6.49. The van der Waals surface area contributed by atoms with Crippen molar-refractivity contribution in [3.63, 3.8) is 0 Å². The van der Waals surface area contributed by atoms with E-state index in [2.05, 4.69) is 10.1 Å². The number of carbonyl (C=O) groups excluding carboxylic acids is 2. The molecule has 1 unspecified atom stereocenters. The predicted molar refractivity (Wildman–Crippen MR) is 65.4 cm³/mol. The zero-order valence-corrected chi connectivity index (χ0v) is 10.8. The highest BCUT2D eigenvalue weighted by Crippen LogP contribution is 2.36. The molecule has 17 heavy (non-hydrogen) atoms. The van der Waals surface area contributed by atoms with E-state index in [1.165, 1.54) is 20.0 Å². The van der Waals surface area contributed by atoms with Crippen LogP contribution in [0.1, 0.15) is 45.4 Å². The van der Waals surface area contributed by atoms with E-state index in [0.717, 1.165) is 25.8 Å². The Bertz CT molecular complexity index is 261. The van der Waals surface area contributed by atoms with Gasteiger partial charge in [0.05, 0.1) is 7.11 Å². The normalized spacial score (nSPS) is 16.4. The van der Waals surface area contributed by atoms with Gasteiger partial charge in [-0.3, -0.25) is 9.59 Å². The maximum atomic E-state index is 11.6. The largest absolute Gasteiger partial charge is 0.469 e. The molecule has 0 spiro atoms. The molecule has 1 amide bonds. The van der Waals surface area contributed by atoms with E-state index >= 15 is 0 Å². The first-order chi connectivity index (χ1) is 8.15. The van der Waals surface area contributed by atoms with Crippen LogP contribution in [0.5, 0.6) is 0 Å². The summed E-state index contributed by atoms with van der Waals surface area (Å²) >= 11 is 0. The molecule has 1 fully saturated rings. The Kier molecular flexibility index (Phi) is 6.01. The molecule has 0 aromatic heterocycles. The number of nitrogens with one attached hydrogen (secondary N) is 1. The van der Waals surface area contributed by atoms with Gasteiger partial charge < -0.3 is 10.1 Å². The van der Waals surface area contributed by atoms with Gasteiger partial charge in [0.25, 0.3) is 0 Å². The molecule has 0 bridgehead atoms. The van der Waals surface area contributed by atoms with Crippen LogP contribution < -0.4 is 5.32 Å². The predicted octanol–water partition coefficient (Wildman–Crippen LogP) is 1.88. The van der Waals surface area contributed by atoms with Gasteiger partial charge in [-0.25, -0.2) is 0 Å². The fourth-order valence-corrected chi connectivity index (χ4v) is 1.86. The lowest BCUT2D eigenvalue weighted by atomic mass is 10.1. The van der Waals surface area contributed by atoms with Gasteiger partial charge in [-0.1, -0.05) is 13.3 Å². The minimum Gasteiger partial charge on any atom is -0.469 e. The molecule has 0 aromatic rings. The number of amides is 1. The second-order valence-electron chi connectivity index (χ2n) is 4.80. The van der Waals surface area contributed by atoms with Gasteiger partial charge >= 0.3 is 5.97 Å². The summed E-state index contributed by atoms with van der Waals surface area (Å²) in [5, 5.41) is 2.95. The zero-order chi connectivity index (χ0) is 12.7. The molecule has 1 rings (SSSR count). The summed E-state index contributed by atoms with van der Waals surface area (Å²) in [7, 11) is 1.40. The maximum Gasteiger partial charge on any atom is 0.305 e. The number of hydrogen-bond donors (Lipinski definition) is 1. The van der Waals surface area contributed by atoms with Gasteiger partial charge in [-0.15, -0.1) is 0 Å². The van der Waals surface area contributed by atoms with E-state index in [9.17, 15) is 9.59 Å². The highest BCUT2D eigenvalue weighted by Gasteiger charge is 2.32. The lowest BCUT2D eigenvalue weighted by molar-refractivity contribution is -0.140. The Morgan fingerprint density at radius 1 is 1.29 bits per heavy atom. The maximum absolute atomic E-state index is 11.6. The number of unbranched alkanes of at least 4 members (excludes halogenated alkanes) is 2. The molecule has 0 radical (unpaired) electrons. The Hall–Kier alpha value is -1.06. The van der Waals surface area contributed by atoms with Crippen LogP contribution in [0.25, 0.3) is 0 Å². The Balaban J connectivity index is 1.93. The number of hydrogen-bond acceptors (Lipinski definition) is 3. The molecule has 1 atom stereocenters. The molecule has 4 nitrogen and oxygen atoms in total. The molecule has 0 saturated heterocycles. The highest BCUT2D eigenvalue weighted by molar-refractivity contribution is 5.78. The molecule has 0 heterocycles. The third-order valence-electron chi connectivity index (χ3n) is 3.33. The zero-order valence-electron chi connectivity index (χ0n) is 10.8.